The highest BCUT2D eigenvalue weighted by Gasteiger charge is 1.94. The van der Waals surface area contributed by atoms with E-state index in [0.717, 1.165) is 13.1 Å². The van der Waals surface area contributed by atoms with E-state index in [9.17, 15) is 0 Å². The van der Waals surface area contributed by atoms with Crippen LogP contribution >= 0.6 is 0 Å². The maximum atomic E-state index is 8.93. The largest absolute Gasteiger partial charge is 0.392 e. The SMILES string of the molecule is CC(O)CNCCCCN(C)C. The molecule has 0 aliphatic carbocycles. The van der Waals surface area contributed by atoms with Crippen molar-refractivity contribution in [3.8, 4) is 0 Å². The molecule has 0 aliphatic heterocycles. The molecule has 0 amide bonds. The van der Waals surface area contributed by atoms with Crippen LogP contribution in [0.3, 0.4) is 0 Å². The van der Waals surface area contributed by atoms with E-state index in [-0.39, 0.29) is 6.10 Å². The minimum atomic E-state index is -0.223. The van der Waals surface area contributed by atoms with Crippen molar-refractivity contribution in [2.24, 2.45) is 0 Å². The molecule has 0 heterocycles. The highest BCUT2D eigenvalue weighted by atomic mass is 16.3. The highest BCUT2D eigenvalue weighted by Crippen LogP contribution is 1.88. The van der Waals surface area contributed by atoms with Gasteiger partial charge in [0.2, 0.25) is 0 Å². The fraction of sp³-hybridized carbons (Fsp3) is 1.00. The monoisotopic (exact) mass is 174 g/mol. The molecule has 0 saturated heterocycles. The summed E-state index contributed by atoms with van der Waals surface area (Å²) in [6.45, 7) is 4.67. The number of nitrogens with one attached hydrogen (secondary N) is 1. The van der Waals surface area contributed by atoms with Gasteiger partial charge in [0, 0.05) is 6.54 Å². The minimum absolute atomic E-state index is 0.223. The lowest BCUT2D eigenvalue weighted by Crippen LogP contribution is -2.25. The van der Waals surface area contributed by atoms with Crippen molar-refractivity contribution < 1.29 is 5.11 Å². The first kappa shape index (κ1) is 11.9. The average Bonchev–Trinajstić information content (AvgIpc) is 1.95. The van der Waals surface area contributed by atoms with Crippen LogP contribution < -0.4 is 5.32 Å². The second-order valence-corrected chi connectivity index (χ2v) is 3.56. The second kappa shape index (κ2) is 7.53. The summed E-state index contributed by atoms with van der Waals surface area (Å²) in [6, 6.07) is 0. The molecule has 0 fully saturated rings. The van der Waals surface area contributed by atoms with Gasteiger partial charge in [-0.05, 0) is 47.0 Å². The Morgan fingerprint density at radius 3 is 2.50 bits per heavy atom. The molecule has 0 aliphatic rings. The Hall–Kier alpha value is -0.120. The van der Waals surface area contributed by atoms with Gasteiger partial charge in [-0.25, -0.2) is 0 Å². The van der Waals surface area contributed by atoms with Crippen LogP contribution in [0.2, 0.25) is 0 Å². The van der Waals surface area contributed by atoms with Crippen LogP contribution in [0.4, 0.5) is 0 Å². The fourth-order valence-electron chi connectivity index (χ4n) is 0.989. The summed E-state index contributed by atoms with van der Waals surface area (Å²) in [7, 11) is 4.17. The molecule has 0 radical (unpaired) electrons. The topological polar surface area (TPSA) is 35.5 Å². The van der Waals surface area contributed by atoms with Crippen LogP contribution in [0.5, 0.6) is 0 Å². The average molecular weight is 174 g/mol. The molecule has 12 heavy (non-hydrogen) atoms. The highest BCUT2D eigenvalue weighted by molar-refractivity contribution is 4.53. The Kier molecular flexibility index (Phi) is 7.45. The molecule has 0 saturated carbocycles. The Balaban J connectivity index is 2.91. The zero-order valence-corrected chi connectivity index (χ0v) is 8.51. The van der Waals surface area contributed by atoms with Gasteiger partial charge in [-0.1, -0.05) is 0 Å². The molecule has 3 nitrogen and oxygen atoms in total. The van der Waals surface area contributed by atoms with Crippen molar-refractivity contribution in [3.63, 3.8) is 0 Å². The summed E-state index contributed by atoms with van der Waals surface area (Å²) in [6.07, 6.45) is 2.18. The summed E-state index contributed by atoms with van der Waals surface area (Å²) in [5.41, 5.74) is 0. The Labute approximate surface area is 75.8 Å². The number of aliphatic hydroxyl groups excluding tert-OH is 1. The molecule has 3 heteroatoms. The standard InChI is InChI=1S/C9H22N2O/c1-9(12)8-10-6-4-5-7-11(2)3/h9-10,12H,4-8H2,1-3H3. The molecule has 1 atom stereocenters. The molecule has 0 bridgehead atoms. The van der Waals surface area contributed by atoms with Gasteiger partial charge < -0.3 is 15.3 Å². The van der Waals surface area contributed by atoms with Crippen molar-refractivity contribution in [1.29, 1.82) is 0 Å². The van der Waals surface area contributed by atoms with Gasteiger partial charge in [0.1, 0.15) is 0 Å². The molecule has 1 unspecified atom stereocenters. The Morgan fingerprint density at radius 2 is 2.00 bits per heavy atom. The number of nitrogens with zero attached hydrogens (tertiary/aromatic N) is 1. The fourth-order valence-corrected chi connectivity index (χ4v) is 0.989. The number of rotatable bonds is 7. The molecule has 0 aromatic rings. The van der Waals surface area contributed by atoms with E-state index < -0.39 is 0 Å². The van der Waals surface area contributed by atoms with E-state index in [1.807, 2.05) is 0 Å². The maximum Gasteiger partial charge on any atom is 0.0636 e. The minimum Gasteiger partial charge on any atom is -0.392 e. The number of hydrogen-bond acceptors (Lipinski definition) is 3. The third kappa shape index (κ3) is 9.88. The second-order valence-electron chi connectivity index (χ2n) is 3.56. The first-order valence-electron chi connectivity index (χ1n) is 4.66. The zero-order chi connectivity index (χ0) is 9.40. The van der Waals surface area contributed by atoms with Crippen LogP contribution in [-0.2, 0) is 0 Å². The van der Waals surface area contributed by atoms with Crippen LogP contribution in [0.15, 0.2) is 0 Å². The number of hydrogen-bond donors (Lipinski definition) is 2. The van der Waals surface area contributed by atoms with E-state index in [1.165, 1.54) is 12.8 Å². The summed E-state index contributed by atoms with van der Waals surface area (Å²) >= 11 is 0. The first-order chi connectivity index (χ1) is 5.63. The van der Waals surface area contributed by atoms with E-state index in [2.05, 4.69) is 24.3 Å². The molecule has 0 spiro atoms. The molecule has 2 N–H and O–H groups in total. The summed E-state index contributed by atoms with van der Waals surface area (Å²) in [4.78, 5) is 2.19. The van der Waals surface area contributed by atoms with E-state index in [4.69, 9.17) is 5.11 Å². The zero-order valence-electron chi connectivity index (χ0n) is 8.51. The van der Waals surface area contributed by atoms with Crippen molar-refractivity contribution >= 4 is 0 Å². The third-order valence-corrected chi connectivity index (χ3v) is 1.65. The van der Waals surface area contributed by atoms with Crippen molar-refractivity contribution in [2.45, 2.75) is 25.9 Å². The van der Waals surface area contributed by atoms with Crippen molar-refractivity contribution in [2.75, 3.05) is 33.7 Å². The quantitative estimate of drug-likeness (QED) is 0.545. The van der Waals surface area contributed by atoms with E-state index in [1.54, 1.807) is 6.92 Å². The third-order valence-electron chi connectivity index (χ3n) is 1.65. The predicted octanol–water partition coefficient (Wildman–Crippen LogP) is 0.299. The number of unbranched alkanes of at least 4 members (excludes halogenated alkanes) is 1. The van der Waals surface area contributed by atoms with Gasteiger partial charge in [0.15, 0.2) is 0 Å². The predicted molar refractivity (Wildman–Crippen MR) is 52.3 cm³/mol. The molecule has 0 aromatic carbocycles. The van der Waals surface area contributed by atoms with Gasteiger partial charge in [-0.3, -0.25) is 0 Å². The van der Waals surface area contributed by atoms with Gasteiger partial charge in [-0.2, -0.15) is 0 Å². The maximum absolute atomic E-state index is 8.93. The molecular weight excluding hydrogens is 152 g/mol. The van der Waals surface area contributed by atoms with E-state index in [0.29, 0.717) is 6.54 Å². The normalized spacial score (nSPS) is 13.8. The van der Waals surface area contributed by atoms with Crippen molar-refractivity contribution in [3.05, 3.63) is 0 Å². The van der Waals surface area contributed by atoms with Crippen LogP contribution in [0.1, 0.15) is 19.8 Å². The summed E-state index contributed by atoms with van der Waals surface area (Å²) < 4.78 is 0. The van der Waals surface area contributed by atoms with Gasteiger partial charge in [0.25, 0.3) is 0 Å². The van der Waals surface area contributed by atoms with Gasteiger partial charge >= 0.3 is 0 Å². The van der Waals surface area contributed by atoms with Gasteiger partial charge in [0.05, 0.1) is 6.10 Å². The molecule has 0 rings (SSSR count). The van der Waals surface area contributed by atoms with Crippen molar-refractivity contribution in [1.82, 2.24) is 10.2 Å². The van der Waals surface area contributed by atoms with E-state index >= 15 is 0 Å². The first-order valence-corrected chi connectivity index (χ1v) is 4.66. The van der Waals surface area contributed by atoms with Crippen LogP contribution in [-0.4, -0.2) is 49.8 Å². The van der Waals surface area contributed by atoms with Crippen LogP contribution in [0, 0.1) is 0 Å². The lowest BCUT2D eigenvalue weighted by atomic mass is 10.3. The lowest BCUT2D eigenvalue weighted by Gasteiger charge is -2.09. The molecule has 0 aromatic heterocycles. The Bertz CT molecular complexity index is 82.5. The smallest absolute Gasteiger partial charge is 0.0636 e. The number of aliphatic hydroxyl groups is 1. The summed E-state index contributed by atoms with van der Waals surface area (Å²) in [5, 5.41) is 12.1. The summed E-state index contributed by atoms with van der Waals surface area (Å²) in [5.74, 6) is 0. The molecule has 74 valence electrons. The Morgan fingerprint density at radius 1 is 1.33 bits per heavy atom. The lowest BCUT2D eigenvalue weighted by molar-refractivity contribution is 0.191. The van der Waals surface area contributed by atoms with Gasteiger partial charge in [-0.15, -0.1) is 0 Å². The molecular formula is C9H22N2O. The van der Waals surface area contributed by atoms with Crippen LogP contribution in [0.25, 0.3) is 0 Å².